The molecule has 0 atom stereocenters. The van der Waals surface area contributed by atoms with Gasteiger partial charge in [-0.2, -0.15) is 0 Å². The van der Waals surface area contributed by atoms with E-state index in [0.29, 0.717) is 12.1 Å². The van der Waals surface area contributed by atoms with E-state index in [-0.39, 0.29) is 5.91 Å². The molecule has 0 bridgehead atoms. The molecule has 0 spiro atoms. The summed E-state index contributed by atoms with van der Waals surface area (Å²) in [5.41, 5.74) is 1.46. The van der Waals surface area contributed by atoms with Crippen molar-refractivity contribution in [1.82, 2.24) is 0 Å². The summed E-state index contributed by atoms with van der Waals surface area (Å²) in [4.78, 5) is 23.2. The second-order valence-electron chi connectivity index (χ2n) is 4.10. The van der Waals surface area contributed by atoms with E-state index in [4.69, 9.17) is 5.11 Å². The predicted octanol–water partition coefficient (Wildman–Crippen LogP) is 3.03. The summed E-state index contributed by atoms with van der Waals surface area (Å²) in [7, 11) is 0. The number of hydrogen-bond acceptors (Lipinski definition) is 3. The minimum atomic E-state index is -0.988. The van der Waals surface area contributed by atoms with Crippen molar-refractivity contribution in [2.45, 2.75) is 6.42 Å². The number of rotatable bonds is 5. The van der Waals surface area contributed by atoms with Crippen molar-refractivity contribution in [3.63, 3.8) is 0 Å². The third-order valence-electron chi connectivity index (χ3n) is 2.53. The smallest absolute Gasteiger partial charge is 0.328 e. The first-order chi connectivity index (χ1) is 9.63. The van der Waals surface area contributed by atoms with Gasteiger partial charge in [0.25, 0.3) is 0 Å². The van der Waals surface area contributed by atoms with E-state index in [2.05, 4.69) is 5.32 Å². The summed E-state index contributed by atoms with van der Waals surface area (Å²) in [6, 6.07) is 10.8. The van der Waals surface area contributed by atoms with Crippen LogP contribution in [0.15, 0.2) is 47.9 Å². The van der Waals surface area contributed by atoms with Gasteiger partial charge >= 0.3 is 5.97 Å². The second kappa shape index (κ2) is 6.68. The number of carboxylic acid groups (broad SMARTS) is 1. The Kier molecular flexibility index (Phi) is 4.68. The minimum Gasteiger partial charge on any atom is -0.478 e. The van der Waals surface area contributed by atoms with Crippen molar-refractivity contribution in [1.29, 1.82) is 0 Å². The third kappa shape index (κ3) is 4.37. The van der Waals surface area contributed by atoms with E-state index in [1.54, 1.807) is 35.6 Å². The largest absolute Gasteiger partial charge is 0.478 e. The Morgan fingerprint density at radius 1 is 1.20 bits per heavy atom. The summed E-state index contributed by atoms with van der Waals surface area (Å²) in [5.74, 6) is -1.06. The van der Waals surface area contributed by atoms with Crippen molar-refractivity contribution in [2.24, 2.45) is 0 Å². The highest BCUT2D eigenvalue weighted by atomic mass is 32.1. The highest BCUT2D eigenvalue weighted by Crippen LogP contribution is 2.13. The quantitative estimate of drug-likeness (QED) is 0.831. The first-order valence-corrected chi connectivity index (χ1v) is 6.85. The molecule has 1 aromatic carbocycles. The summed E-state index contributed by atoms with van der Waals surface area (Å²) in [6.07, 6.45) is 2.93. The zero-order valence-corrected chi connectivity index (χ0v) is 11.4. The molecular formula is C15H13NO3S. The lowest BCUT2D eigenvalue weighted by atomic mass is 10.2. The number of anilines is 1. The topological polar surface area (TPSA) is 66.4 Å². The number of amides is 1. The van der Waals surface area contributed by atoms with Gasteiger partial charge in [-0.05, 0) is 35.2 Å². The van der Waals surface area contributed by atoms with Crippen LogP contribution in [0.1, 0.15) is 10.4 Å². The van der Waals surface area contributed by atoms with Gasteiger partial charge in [0, 0.05) is 16.6 Å². The Morgan fingerprint density at radius 2 is 1.95 bits per heavy atom. The molecule has 2 N–H and O–H groups in total. The van der Waals surface area contributed by atoms with Gasteiger partial charge in [-0.15, -0.1) is 11.3 Å². The molecule has 0 unspecified atom stereocenters. The molecule has 5 heteroatoms. The van der Waals surface area contributed by atoms with Crippen LogP contribution in [-0.2, 0) is 16.0 Å². The monoisotopic (exact) mass is 287 g/mol. The molecule has 2 aromatic rings. The van der Waals surface area contributed by atoms with E-state index in [1.165, 1.54) is 6.08 Å². The van der Waals surface area contributed by atoms with Crippen molar-refractivity contribution >= 4 is 35.0 Å². The van der Waals surface area contributed by atoms with Crippen LogP contribution in [0.25, 0.3) is 6.08 Å². The maximum Gasteiger partial charge on any atom is 0.328 e. The van der Waals surface area contributed by atoms with E-state index in [1.807, 2.05) is 17.5 Å². The maximum absolute atomic E-state index is 11.8. The van der Waals surface area contributed by atoms with Gasteiger partial charge in [0.15, 0.2) is 0 Å². The zero-order chi connectivity index (χ0) is 14.4. The van der Waals surface area contributed by atoms with Crippen LogP contribution in [0.3, 0.4) is 0 Å². The fourth-order valence-electron chi connectivity index (χ4n) is 1.62. The Morgan fingerprint density at radius 3 is 2.55 bits per heavy atom. The molecule has 1 aromatic heterocycles. The van der Waals surface area contributed by atoms with E-state index in [0.717, 1.165) is 16.5 Å². The molecule has 0 saturated heterocycles. The second-order valence-corrected chi connectivity index (χ2v) is 5.13. The normalized spacial score (nSPS) is 10.6. The average molecular weight is 287 g/mol. The van der Waals surface area contributed by atoms with Crippen LogP contribution in [0.4, 0.5) is 5.69 Å². The molecule has 2 rings (SSSR count). The summed E-state index contributed by atoms with van der Waals surface area (Å²) >= 11 is 1.55. The molecule has 0 aliphatic heterocycles. The van der Waals surface area contributed by atoms with Gasteiger partial charge in [0.2, 0.25) is 5.91 Å². The average Bonchev–Trinajstić information content (AvgIpc) is 2.90. The molecule has 0 saturated carbocycles. The predicted molar refractivity (Wildman–Crippen MR) is 79.8 cm³/mol. The zero-order valence-electron chi connectivity index (χ0n) is 10.6. The standard InChI is InChI=1S/C15H13NO3S/c17-14(10-13-2-1-9-20-13)16-12-6-3-11(4-7-12)5-8-15(18)19/h1-9H,10H2,(H,16,17)(H,18,19)/b8-5+. The van der Waals surface area contributed by atoms with Crippen LogP contribution < -0.4 is 5.32 Å². The number of carbonyl (C=O) groups is 2. The number of carboxylic acids is 1. The lowest BCUT2D eigenvalue weighted by Crippen LogP contribution is -2.13. The molecule has 20 heavy (non-hydrogen) atoms. The number of benzene rings is 1. The van der Waals surface area contributed by atoms with Crippen molar-refractivity contribution in [3.8, 4) is 0 Å². The minimum absolute atomic E-state index is 0.0683. The molecule has 1 heterocycles. The number of aliphatic carboxylic acids is 1. The van der Waals surface area contributed by atoms with Gasteiger partial charge < -0.3 is 10.4 Å². The first-order valence-electron chi connectivity index (χ1n) is 5.97. The van der Waals surface area contributed by atoms with Crippen LogP contribution in [0, 0.1) is 0 Å². The van der Waals surface area contributed by atoms with Gasteiger partial charge in [-0.1, -0.05) is 18.2 Å². The first kappa shape index (κ1) is 14.0. The molecule has 0 aliphatic rings. The van der Waals surface area contributed by atoms with Crippen LogP contribution >= 0.6 is 11.3 Å². The van der Waals surface area contributed by atoms with E-state index >= 15 is 0 Å². The summed E-state index contributed by atoms with van der Waals surface area (Å²) < 4.78 is 0. The SMILES string of the molecule is O=C(O)/C=C/c1ccc(NC(=O)Cc2cccs2)cc1. The van der Waals surface area contributed by atoms with Gasteiger partial charge in [-0.25, -0.2) is 4.79 Å². The van der Waals surface area contributed by atoms with E-state index in [9.17, 15) is 9.59 Å². The number of carbonyl (C=O) groups excluding carboxylic acids is 1. The fourth-order valence-corrected chi connectivity index (χ4v) is 2.33. The summed E-state index contributed by atoms with van der Waals surface area (Å²) in [6.45, 7) is 0. The summed E-state index contributed by atoms with van der Waals surface area (Å²) in [5, 5.41) is 13.3. The van der Waals surface area contributed by atoms with Crippen molar-refractivity contribution < 1.29 is 14.7 Å². The van der Waals surface area contributed by atoms with Crippen molar-refractivity contribution in [2.75, 3.05) is 5.32 Å². The molecular weight excluding hydrogens is 274 g/mol. The van der Waals surface area contributed by atoms with Crippen LogP contribution in [0.2, 0.25) is 0 Å². The Balaban J connectivity index is 1.93. The maximum atomic E-state index is 11.8. The fraction of sp³-hybridized carbons (Fsp3) is 0.0667. The van der Waals surface area contributed by atoms with Crippen LogP contribution in [-0.4, -0.2) is 17.0 Å². The molecule has 0 radical (unpaired) electrons. The van der Waals surface area contributed by atoms with Gasteiger partial charge in [-0.3, -0.25) is 4.79 Å². The van der Waals surface area contributed by atoms with Crippen LogP contribution in [0.5, 0.6) is 0 Å². The van der Waals surface area contributed by atoms with E-state index < -0.39 is 5.97 Å². The number of nitrogens with one attached hydrogen (secondary N) is 1. The van der Waals surface area contributed by atoms with Gasteiger partial charge in [0.1, 0.15) is 0 Å². The molecule has 4 nitrogen and oxygen atoms in total. The lowest BCUT2D eigenvalue weighted by Gasteiger charge is -2.04. The molecule has 0 aliphatic carbocycles. The Hall–Kier alpha value is -2.40. The lowest BCUT2D eigenvalue weighted by molar-refractivity contribution is -0.131. The third-order valence-corrected chi connectivity index (χ3v) is 3.40. The van der Waals surface area contributed by atoms with Gasteiger partial charge in [0.05, 0.1) is 6.42 Å². The Bertz CT molecular complexity index is 615. The highest BCUT2D eigenvalue weighted by Gasteiger charge is 2.04. The Labute approximate surface area is 120 Å². The van der Waals surface area contributed by atoms with Crippen molar-refractivity contribution in [3.05, 3.63) is 58.3 Å². The molecule has 1 amide bonds. The number of hydrogen-bond donors (Lipinski definition) is 2. The molecule has 0 fully saturated rings. The number of thiophene rings is 1. The highest BCUT2D eigenvalue weighted by molar-refractivity contribution is 7.10. The molecule has 102 valence electrons.